The van der Waals surface area contributed by atoms with Crippen molar-refractivity contribution < 1.29 is 27.5 Å². The Morgan fingerprint density at radius 3 is 2.30 bits per heavy atom. The van der Waals surface area contributed by atoms with E-state index in [1.54, 1.807) is 24.0 Å². The van der Waals surface area contributed by atoms with Crippen LogP contribution in [0.3, 0.4) is 0 Å². The Bertz CT molecular complexity index is 848. The number of sulfonamides is 1. The van der Waals surface area contributed by atoms with Crippen molar-refractivity contribution in [3.63, 3.8) is 0 Å². The van der Waals surface area contributed by atoms with Crippen LogP contribution in [0.5, 0.6) is 0 Å². The summed E-state index contributed by atoms with van der Waals surface area (Å²) < 4.78 is 31.5. The van der Waals surface area contributed by atoms with Crippen molar-refractivity contribution in [3.8, 4) is 0 Å². The Hall–Kier alpha value is -2.66. The van der Waals surface area contributed by atoms with E-state index in [2.05, 4.69) is 15.4 Å². The molecule has 0 aromatic heterocycles. The van der Waals surface area contributed by atoms with Crippen LogP contribution < -0.4 is 15.4 Å². The van der Waals surface area contributed by atoms with Gasteiger partial charge in [-0.1, -0.05) is 17.7 Å². The van der Waals surface area contributed by atoms with Crippen LogP contribution in [0.1, 0.15) is 25.3 Å². The van der Waals surface area contributed by atoms with Gasteiger partial charge in [0.15, 0.2) is 0 Å². The van der Waals surface area contributed by atoms with Crippen LogP contribution in [0.15, 0.2) is 29.2 Å². The van der Waals surface area contributed by atoms with Gasteiger partial charge in [-0.05, 0) is 38.8 Å². The molecule has 10 nitrogen and oxygen atoms in total. The SMILES string of the molecule is CCOC(=O)N1CCC(NC(=O)CNC(=O)CNS(=O)(=O)c2ccc(C)cc2)CC1. The number of likely N-dealkylation sites (tertiary alicyclic amines) is 1. The van der Waals surface area contributed by atoms with Gasteiger partial charge in [-0.3, -0.25) is 9.59 Å². The average molecular weight is 441 g/mol. The van der Waals surface area contributed by atoms with Crippen molar-refractivity contribution in [1.82, 2.24) is 20.3 Å². The second-order valence-electron chi connectivity index (χ2n) is 6.94. The second kappa shape index (κ2) is 10.9. The number of carbonyl (C=O) groups is 3. The van der Waals surface area contributed by atoms with Crippen LogP contribution in [0, 0.1) is 6.92 Å². The van der Waals surface area contributed by atoms with Crippen molar-refractivity contribution in [2.45, 2.75) is 37.6 Å². The van der Waals surface area contributed by atoms with Gasteiger partial charge in [0.2, 0.25) is 21.8 Å². The van der Waals surface area contributed by atoms with Gasteiger partial charge < -0.3 is 20.3 Å². The highest BCUT2D eigenvalue weighted by Gasteiger charge is 2.24. The standard InChI is InChI=1S/C19H28N4O6S/c1-3-29-19(26)23-10-8-15(9-11-23)22-18(25)12-20-17(24)13-21-30(27,28)16-6-4-14(2)5-7-16/h4-7,15,21H,3,8-13H2,1-2H3,(H,20,24)(H,22,25). The van der Waals surface area contributed by atoms with Gasteiger partial charge in [0, 0.05) is 19.1 Å². The predicted molar refractivity (Wildman–Crippen MR) is 109 cm³/mol. The van der Waals surface area contributed by atoms with Crippen LogP contribution in [0.2, 0.25) is 0 Å². The molecule has 0 saturated carbocycles. The molecular formula is C19H28N4O6S. The Morgan fingerprint density at radius 1 is 1.07 bits per heavy atom. The van der Waals surface area contributed by atoms with Crippen LogP contribution in [-0.2, 0) is 24.3 Å². The summed E-state index contributed by atoms with van der Waals surface area (Å²) in [6.45, 7) is 4.13. The van der Waals surface area contributed by atoms with Crippen LogP contribution in [0.25, 0.3) is 0 Å². The molecule has 2 rings (SSSR count). The molecule has 0 unspecified atom stereocenters. The van der Waals surface area contributed by atoms with Crippen LogP contribution in [0.4, 0.5) is 4.79 Å². The van der Waals surface area contributed by atoms with E-state index in [-0.39, 0.29) is 29.5 Å². The van der Waals surface area contributed by atoms with Gasteiger partial charge in [0.05, 0.1) is 24.6 Å². The number of carbonyl (C=O) groups excluding carboxylic acids is 3. The Labute approximate surface area is 176 Å². The molecule has 1 fully saturated rings. The molecule has 166 valence electrons. The first kappa shape index (κ1) is 23.6. The molecule has 0 bridgehead atoms. The fourth-order valence-electron chi connectivity index (χ4n) is 2.90. The lowest BCUT2D eigenvalue weighted by Crippen LogP contribution is -2.49. The summed E-state index contributed by atoms with van der Waals surface area (Å²) in [6, 6.07) is 6.14. The van der Waals surface area contributed by atoms with Crippen molar-refractivity contribution in [2.24, 2.45) is 0 Å². The highest BCUT2D eigenvalue weighted by molar-refractivity contribution is 7.89. The van der Waals surface area contributed by atoms with Crippen LogP contribution >= 0.6 is 0 Å². The summed E-state index contributed by atoms with van der Waals surface area (Å²) >= 11 is 0. The molecule has 0 radical (unpaired) electrons. The first-order chi connectivity index (χ1) is 14.2. The summed E-state index contributed by atoms with van der Waals surface area (Å²) in [5.74, 6) is -0.989. The number of amides is 3. The highest BCUT2D eigenvalue weighted by Crippen LogP contribution is 2.11. The largest absolute Gasteiger partial charge is 0.450 e. The number of ether oxygens (including phenoxy) is 1. The number of rotatable bonds is 8. The zero-order chi connectivity index (χ0) is 22.1. The maximum Gasteiger partial charge on any atom is 0.409 e. The van der Waals surface area contributed by atoms with Crippen molar-refractivity contribution >= 4 is 27.9 Å². The number of nitrogens with zero attached hydrogens (tertiary/aromatic N) is 1. The first-order valence-electron chi connectivity index (χ1n) is 9.75. The van der Waals surface area contributed by atoms with Gasteiger partial charge in [0.1, 0.15) is 0 Å². The topological polar surface area (TPSA) is 134 Å². The fraction of sp³-hybridized carbons (Fsp3) is 0.526. The smallest absolute Gasteiger partial charge is 0.409 e. The normalized spacial score (nSPS) is 14.8. The molecule has 0 aliphatic carbocycles. The van der Waals surface area contributed by atoms with E-state index in [0.717, 1.165) is 5.56 Å². The first-order valence-corrected chi connectivity index (χ1v) is 11.2. The summed E-state index contributed by atoms with van der Waals surface area (Å²) in [5.41, 5.74) is 0.921. The van der Waals surface area contributed by atoms with Crippen molar-refractivity contribution in [2.75, 3.05) is 32.8 Å². The predicted octanol–water partition coefficient (Wildman–Crippen LogP) is 0.127. The number of aryl methyl sites for hydroxylation is 1. The van der Waals surface area contributed by atoms with Crippen LogP contribution in [-0.4, -0.2) is 70.1 Å². The zero-order valence-corrected chi connectivity index (χ0v) is 18.0. The monoisotopic (exact) mass is 440 g/mol. The third-order valence-electron chi connectivity index (χ3n) is 4.59. The molecule has 1 aliphatic heterocycles. The number of hydrogen-bond donors (Lipinski definition) is 3. The second-order valence-corrected chi connectivity index (χ2v) is 8.71. The lowest BCUT2D eigenvalue weighted by Gasteiger charge is -2.31. The zero-order valence-electron chi connectivity index (χ0n) is 17.1. The highest BCUT2D eigenvalue weighted by atomic mass is 32.2. The minimum atomic E-state index is -3.80. The molecule has 1 saturated heterocycles. The number of benzene rings is 1. The Balaban J connectivity index is 1.68. The van der Waals surface area contributed by atoms with E-state index in [0.29, 0.717) is 32.5 Å². The quantitative estimate of drug-likeness (QED) is 0.526. The van der Waals surface area contributed by atoms with Gasteiger partial charge in [0.25, 0.3) is 0 Å². The molecule has 3 amide bonds. The summed E-state index contributed by atoms with van der Waals surface area (Å²) in [6.07, 6.45) is 0.826. The molecule has 3 N–H and O–H groups in total. The van der Waals surface area contributed by atoms with E-state index in [9.17, 15) is 22.8 Å². The van der Waals surface area contributed by atoms with E-state index < -0.39 is 22.5 Å². The lowest BCUT2D eigenvalue weighted by atomic mass is 10.1. The van der Waals surface area contributed by atoms with E-state index in [4.69, 9.17) is 4.74 Å². The number of nitrogens with one attached hydrogen (secondary N) is 3. The number of hydrogen-bond acceptors (Lipinski definition) is 6. The molecular weight excluding hydrogens is 412 g/mol. The maximum atomic E-state index is 12.2. The fourth-order valence-corrected chi connectivity index (χ4v) is 3.88. The van der Waals surface area contributed by atoms with E-state index in [1.165, 1.54) is 12.1 Å². The van der Waals surface area contributed by atoms with Gasteiger partial charge in [-0.2, -0.15) is 0 Å². The van der Waals surface area contributed by atoms with Gasteiger partial charge >= 0.3 is 6.09 Å². The molecule has 1 aromatic carbocycles. The van der Waals surface area contributed by atoms with Crippen molar-refractivity contribution in [1.29, 1.82) is 0 Å². The third-order valence-corrected chi connectivity index (χ3v) is 6.00. The van der Waals surface area contributed by atoms with Gasteiger partial charge in [-0.25, -0.2) is 17.9 Å². The third kappa shape index (κ3) is 7.30. The molecule has 0 spiro atoms. The minimum Gasteiger partial charge on any atom is -0.450 e. The molecule has 0 atom stereocenters. The average Bonchev–Trinajstić information content (AvgIpc) is 2.72. The maximum absolute atomic E-state index is 12.2. The van der Waals surface area contributed by atoms with E-state index in [1.807, 2.05) is 6.92 Å². The van der Waals surface area contributed by atoms with Crippen molar-refractivity contribution in [3.05, 3.63) is 29.8 Å². The van der Waals surface area contributed by atoms with E-state index >= 15 is 0 Å². The summed E-state index contributed by atoms with van der Waals surface area (Å²) in [5, 5.41) is 5.18. The Morgan fingerprint density at radius 2 is 1.70 bits per heavy atom. The Kier molecular flexibility index (Phi) is 8.60. The number of piperidine rings is 1. The minimum absolute atomic E-state index is 0.0628. The van der Waals surface area contributed by atoms with Gasteiger partial charge in [-0.15, -0.1) is 0 Å². The summed E-state index contributed by atoms with van der Waals surface area (Å²) in [4.78, 5) is 37.2. The molecule has 11 heteroatoms. The lowest BCUT2D eigenvalue weighted by molar-refractivity contribution is -0.126. The molecule has 1 aromatic rings. The summed E-state index contributed by atoms with van der Waals surface area (Å²) in [7, 11) is -3.80. The molecule has 30 heavy (non-hydrogen) atoms. The molecule has 1 aliphatic rings. The molecule has 1 heterocycles.